The van der Waals surface area contributed by atoms with Gasteiger partial charge in [0.05, 0.1) is 0 Å². The Morgan fingerprint density at radius 3 is 2.69 bits per heavy atom. The predicted molar refractivity (Wildman–Crippen MR) is 51.0 cm³/mol. The van der Waals surface area contributed by atoms with Crippen LogP contribution in [0.4, 0.5) is 0 Å². The number of carbonyl (C=O) groups excluding carboxylic acids is 1. The molecule has 0 unspecified atom stereocenters. The molecule has 2 nitrogen and oxygen atoms in total. The molecule has 2 aliphatic rings. The van der Waals surface area contributed by atoms with E-state index >= 15 is 0 Å². The van der Waals surface area contributed by atoms with Crippen LogP contribution in [0.1, 0.15) is 26.7 Å². The summed E-state index contributed by atoms with van der Waals surface area (Å²) in [6.07, 6.45) is 3.71. The Balaban J connectivity index is 2.42. The van der Waals surface area contributed by atoms with E-state index in [0.29, 0.717) is 5.92 Å². The van der Waals surface area contributed by atoms with Crippen molar-refractivity contribution in [2.75, 3.05) is 0 Å². The van der Waals surface area contributed by atoms with Crippen LogP contribution in [-0.4, -0.2) is 5.97 Å². The van der Waals surface area contributed by atoms with Crippen LogP contribution in [0.15, 0.2) is 10.6 Å². The van der Waals surface area contributed by atoms with Gasteiger partial charge in [0.2, 0.25) is 0 Å². The van der Waals surface area contributed by atoms with Gasteiger partial charge in [-0.1, -0.05) is 35.9 Å². The van der Waals surface area contributed by atoms with Gasteiger partial charge < -0.3 is 9.90 Å². The largest absolute Gasteiger partial charge is 0.550 e. The number of carboxylic acid groups (broad SMARTS) is 1. The molecule has 0 bridgehead atoms. The van der Waals surface area contributed by atoms with Crippen LogP contribution in [-0.2, 0) is 4.79 Å². The molecule has 72 valence electrons. The number of carboxylic acids is 1. The summed E-state index contributed by atoms with van der Waals surface area (Å²) < 4.78 is 1.17. The van der Waals surface area contributed by atoms with E-state index in [1.807, 2.05) is 13.0 Å². The topological polar surface area (TPSA) is 40.1 Å². The summed E-state index contributed by atoms with van der Waals surface area (Å²) in [5.41, 5.74) is -0.862. The molecule has 3 atom stereocenters. The van der Waals surface area contributed by atoms with E-state index in [0.717, 1.165) is 12.8 Å². The minimum Gasteiger partial charge on any atom is -0.550 e. The Hall–Kier alpha value is -0.310. The molecule has 0 saturated heterocycles. The first-order valence-electron chi connectivity index (χ1n) is 4.51. The molecule has 0 aliphatic heterocycles. The van der Waals surface area contributed by atoms with Crippen molar-refractivity contribution >= 4 is 21.9 Å². The van der Waals surface area contributed by atoms with Crippen LogP contribution in [0.25, 0.3) is 0 Å². The number of hydrogen-bond donors (Lipinski definition) is 0. The van der Waals surface area contributed by atoms with E-state index < -0.39 is 11.4 Å². The smallest absolute Gasteiger partial charge is 0.0482 e. The second-order valence-corrected chi connectivity index (χ2v) is 5.44. The summed E-state index contributed by atoms with van der Waals surface area (Å²) in [4.78, 5) is 11.1. The van der Waals surface area contributed by atoms with E-state index in [2.05, 4.69) is 15.9 Å². The van der Waals surface area contributed by atoms with Crippen molar-refractivity contribution in [1.82, 2.24) is 0 Å². The molecule has 13 heavy (non-hydrogen) atoms. The second kappa shape index (κ2) is 2.38. The van der Waals surface area contributed by atoms with E-state index in [9.17, 15) is 9.90 Å². The van der Waals surface area contributed by atoms with Crippen molar-refractivity contribution in [3.05, 3.63) is 10.6 Å². The lowest BCUT2D eigenvalue weighted by Crippen LogP contribution is -2.51. The van der Waals surface area contributed by atoms with Gasteiger partial charge >= 0.3 is 0 Å². The highest BCUT2D eigenvalue weighted by Crippen LogP contribution is 2.66. The number of aliphatic carboxylic acids is 1. The summed E-state index contributed by atoms with van der Waals surface area (Å²) in [6.45, 7) is 3.82. The molecule has 0 amide bonds. The van der Waals surface area contributed by atoms with E-state index in [1.165, 1.54) is 4.48 Å². The molecule has 2 rings (SSSR count). The molecular formula is C10H12BrO2-. The van der Waals surface area contributed by atoms with Crippen LogP contribution in [0, 0.1) is 16.7 Å². The maximum Gasteiger partial charge on any atom is 0.0482 e. The van der Waals surface area contributed by atoms with Gasteiger partial charge in [0.1, 0.15) is 0 Å². The molecular weight excluding hydrogens is 232 g/mol. The summed E-state index contributed by atoms with van der Waals surface area (Å²) in [6, 6.07) is 0. The molecule has 1 saturated carbocycles. The predicted octanol–water partition coefficient (Wildman–Crippen LogP) is 1.45. The third-order valence-electron chi connectivity index (χ3n) is 4.07. The average molecular weight is 244 g/mol. The Labute approximate surface area is 86.1 Å². The van der Waals surface area contributed by atoms with E-state index in [-0.39, 0.29) is 5.41 Å². The highest BCUT2D eigenvalue weighted by molar-refractivity contribution is 9.11. The fourth-order valence-corrected chi connectivity index (χ4v) is 3.86. The van der Waals surface area contributed by atoms with Gasteiger partial charge in [-0.3, -0.25) is 0 Å². The van der Waals surface area contributed by atoms with E-state index in [4.69, 9.17) is 0 Å². The minimum atomic E-state index is -0.909. The standard InChI is InChI=1S/C10H13BrO2/c1-9(8(12)13)4-3-6-7(11)5-10(6,9)2/h5-6H,3-4H2,1-2H3,(H,12,13)/p-1/t6-,9-,10-/m0/s1. The fourth-order valence-electron chi connectivity index (χ4n) is 2.68. The average Bonchev–Trinajstić information content (AvgIpc) is 2.22. The third-order valence-corrected chi connectivity index (χ3v) is 4.85. The number of fused-ring (bicyclic) bond motifs is 1. The fraction of sp³-hybridized carbons (Fsp3) is 0.700. The monoisotopic (exact) mass is 243 g/mol. The zero-order chi connectivity index (χ0) is 9.85. The van der Waals surface area contributed by atoms with Crippen molar-refractivity contribution in [1.29, 1.82) is 0 Å². The van der Waals surface area contributed by atoms with Gasteiger partial charge in [0.15, 0.2) is 0 Å². The van der Waals surface area contributed by atoms with Crippen LogP contribution in [0.2, 0.25) is 0 Å². The van der Waals surface area contributed by atoms with Crippen molar-refractivity contribution < 1.29 is 9.90 Å². The quantitative estimate of drug-likeness (QED) is 0.700. The zero-order valence-electron chi connectivity index (χ0n) is 7.76. The SMILES string of the molecule is C[C@@]1(C(=O)[O-])CC[C@H]2C(Br)=C[C@@]21C. The Morgan fingerprint density at radius 2 is 2.31 bits per heavy atom. The summed E-state index contributed by atoms with van der Waals surface area (Å²) in [5.74, 6) is -0.510. The van der Waals surface area contributed by atoms with Crippen molar-refractivity contribution in [2.24, 2.45) is 16.7 Å². The molecule has 0 radical (unpaired) electrons. The molecule has 0 aromatic carbocycles. The van der Waals surface area contributed by atoms with Crippen LogP contribution >= 0.6 is 15.9 Å². The Morgan fingerprint density at radius 1 is 1.69 bits per heavy atom. The summed E-state index contributed by atoms with van der Waals surface area (Å²) >= 11 is 3.45. The van der Waals surface area contributed by atoms with Crippen molar-refractivity contribution in [2.45, 2.75) is 26.7 Å². The molecule has 3 heteroatoms. The van der Waals surface area contributed by atoms with Crippen LogP contribution in [0.3, 0.4) is 0 Å². The number of hydrogen-bond acceptors (Lipinski definition) is 2. The van der Waals surface area contributed by atoms with Gasteiger partial charge in [-0.2, -0.15) is 0 Å². The molecule has 0 spiro atoms. The first kappa shape index (κ1) is 9.25. The number of carbonyl (C=O) groups is 1. The highest BCUT2D eigenvalue weighted by atomic mass is 79.9. The first-order valence-corrected chi connectivity index (χ1v) is 5.31. The van der Waals surface area contributed by atoms with Gasteiger partial charge in [0.25, 0.3) is 0 Å². The molecule has 1 fully saturated rings. The van der Waals surface area contributed by atoms with Crippen LogP contribution in [0.5, 0.6) is 0 Å². The molecule has 0 aromatic heterocycles. The van der Waals surface area contributed by atoms with Gasteiger partial charge in [0, 0.05) is 16.8 Å². The lowest BCUT2D eigenvalue weighted by atomic mass is 9.59. The molecule has 0 aromatic rings. The normalized spacial score (nSPS) is 47.9. The third kappa shape index (κ3) is 0.862. The van der Waals surface area contributed by atoms with Crippen molar-refractivity contribution in [3.8, 4) is 0 Å². The molecule has 0 N–H and O–H groups in total. The van der Waals surface area contributed by atoms with E-state index in [1.54, 1.807) is 6.92 Å². The number of allylic oxidation sites excluding steroid dienone is 2. The van der Waals surface area contributed by atoms with Gasteiger partial charge in [-0.15, -0.1) is 0 Å². The molecule has 2 aliphatic carbocycles. The lowest BCUT2D eigenvalue weighted by Gasteiger charge is -2.48. The van der Waals surface area contributed by atoms with Gasteiger partial charge in [-0.05, 0) is 23.2 Å². The highest BCUT2D eigenvalue weighted by Gasteiger charge is 2.59. The molecule has 0 heterocycles. The second-order valence-electron chi connectivity index (χ2n) is 4.52. The lowest BCUT2D eigenvalue weighted by molar-refractivity contribution is -0.322. The Bertz CT molecular complexity index is 310. The minimum absolute atomic E-state index is 0.190. The Kier molecular flexibility index (Phi) is 1.69. The summed E-state index contributed by atoms with van der Waals surface area (Å²) in [5, 5.41) is 11.1. The first-order chi connectivity index (χ1) is 5.92. The van der Waals surface area contributed by atoms with Gasteiger partial charge in [-0.25, -0.2) is 0 Å². The maximum atomic E-state index is 11.1. The maximum absolute atomic E-state index is 11.1. The summed E-state index contributed by atoms with van der Waals surface area (Å²) in [7, 11) is 0. The number of halogens is 1. The van der Waals surface area contributed by atoms with Crippen molar-refractivity contribution in [3.63, 3.8) is 0 Å². The zero-order valence-corrected chi connectivity index (χ0v) is 9.35. The van der Waals surface area contributed by atoms with Crippen LogP contribution < -0.4 is 5.11 Å². The number of rotatable bonds is 1.